The number of nitrogens with one attached hydrogen (secondary N) is 2. The zero-order valence-corrected chi connectivity index (χ0v) is 15.6. The molecule has 1 aromatic heterocycles. The highest BCUT2D eigenvalue weighted by atomic mass is 16.6. The van der Waals surface area contributed by atoms with Gasteiger partial charge in [0.25, 0.3) is 0 Å². The van der Waals surface area contributed by atoms with E-state index in [1.807, 2.05) is 26.8 Å². The van der Waals surface area contributed by atoms with Gasteiger partial charge in [0.2, 0.25) is 0 Å². The Morgan fingerprint density at radius 2 is 1.96 bits per heavy atom. The van der Waals surface area contributed by atoms with Gasteiger partial charge in [-0.2, -0.15) is 0 Å². The fourth-order valence-corrected chi connectivity index (χ4v) is 3.87. The Balaban J connectivity index is 1.77. The van der Waals surface area contributed by atoms with Gasteiger partial charge in [0.05, 0.1) is 0 Å². The van der Waals surface area contributed by atoms with E-state index in [4.69, 9.17) is 4.74 Å². The van der Waals surface area contributed by atoms with Crippen LogP contribution in [0, 0.1) is 5.92 Å². The maximum atomic E-state index is 12.4. The summed E-state index contributed by atoms with van der Waals surface area (Å²) in [4.78, 5) is 15.7. The van der Waals surface area contributed by atoms with Crippen molar-refractivity contribution < 1.29 is 9.53 Å². The Kier molecular flexibility index (Phi) is 5.36. The molecule has 136 valence electrons. The highest BCUT2D eigenvalue weighted by Crippen LogP contribution is 2.30. The Morgan fingerprint density at radius 1 is 1.24 bits per heavy atom. The van der Waals surface area contributed by atoms with Crippen LogP contribution >= 0.6 is 0 Å². The second-order valence-corrected chi connectivity index (χ2v) is 8.21. The molecule has 1 aromatic carbocycles. The van der Waals surface area contributed by atoms with E-state index in [1.165, 1.54) is 43.1 Å². The number of carbonyl (C=O) groups is 1. The molecular weight excluding hydrogens is 312 g/mol. The lowest BCUT2D eigenvalue weighted by molar-refractivity contribution is 0.0477. The second-order valence-electron chi connectivity index (χ2n) is 8.21. The first-order valence-electron chi connectivity index (χ1n) is 9.47. The molecule has 0 bridgehead atoms. The number of amides is 1. The van der Waals surface area contributed by atoms with Crippen LogP contribution in [-0.2, 0) is 11.2 Å². The number of ether oxygens (including phenoxy) is 1. The molecule has 0 radical (unpaired) electrons. The molecule has 3 rings (SSSR count). The average molecular weight is 342 g/mol. The molecular formula is C21H30N2O2. The van der Waals surface area contributed by atoms with Crippen LogP contribution in [0.5, 0.6) is 0 Å². The molecule has 2 N–H and O–H groups in total. The Labute approximate surface area is 150 Å². The summed E-state index contributed by atoms with van der Waals surface area (Å²) in [5.74, 6) is 0.523. The van der Waals surface area contributed by atoms with Crippen molar-refractivity contribution in [3.05, 3.63) is 36.0 Å². The standard InChI is InChI=1S/C21H30N2O2/c1-21(2,3)25-20(24)23-19(15-9-5-4-6-10-15)13-16-14-22-18-12-8-7-11-17(16)18/h7-8,11-12,14-15,19,22H,4-6,9-10,13H2,1-3H3,(H,23,24)/t19-/m1/s1. The van der Waals surface area contributed by atoms with Crippen LogP contribution in [0.4, 0.5) is 4.79 Å². The highest BCUT2D eigenvalue weighted by molar-refractivity contribution is 5.83. The molecule has 1 atom stereocenters. The van der Waals surface area contributed by atoms with Crippen LogP contribution in [0.15, 0.2) is 30.5 Å². The van der Waals surface area contributed by atoms with E-state index in [1.54, 1.807) is 0 Å². The first-order chi connectivity index (χ1) is 11.9. The minimum absolute atomic E-state index is 0.120. The SMILES string of the molecule is CC(C)(C)OC(=O)N[C@H](Cc1c[nH]c2ccccc12)C1CCCCC1. The number of hydrogen-bond acceptors (Lipinski definition) is 2. The normalized spacial score (nSPS) is 17.4. The molecule has 1 heterocycles. The zero-order chi connectivity index (χ0) is 17.9. The molecule has 2 aromatic rings. The lowest BCUT2D eigenvalue weighted by atomic mass is 9.81. The maximum Gasteiger partial charge on any atom is 0.407 e. The largest absolute Gasteiger partial charge is 0.444 e. The summed E-state index contributed by atoms with van der Waals surface area (Å²) in [5, 5.41) is 4.42. The van der Waals surface area contributed by atoms with Gasteiger partial charge in [0.15, 0.2) is 0 Å². The fraction of sp³-hybridized carbons (Fsp3) is 0.571. The molecule has 4 heteroatoms. The van der Waals surface area contributed by atoms with Gasteiger partial charge in [-0.15, -0.1) is 0 Å². The van der Waals surface area contributed by atoms with Crippen LogP contribution in [0.25, 0.3) is 10.9 Å². The second kappa shape index (κ2) is 7.51. The molecule has 1 amide bonds. The molecule has 0 aliphatic heterocycles. The van der Waals surface area contributed by atoms with Gasteiger partial charge >= 0.3 is 6.09 Å². The van der Waals surface area contributed by atoms with E-state index in [0.717, 1.165) is 11.9 Å². The van der Waals surface area contributed by atoms with E-state index < -0.39 is 5.60 Å². The summed E-state index contributed by atoms with van der Waals surface area (Å²) in [6.07, 6.45) is 8.80. The topological polar surface area (TPSA) is 54.1 Å². The number of hydrogen-bond donors (Lipinski definition) is 2. The number of carbonyl (C=O) groups excluding carboxylic acids is 1. The van der Waals surface area contributed by atoms with Crippen molar-refractivity contribution in [3.63, 3.8) is 0 Å². The van der Waals surface area contributed by atoms with Crippen LogP contribution in [0.3, 0.4) is 0 Å². The first kappa shape index (κ1) is 17.8. The van der Waals surface area contributed by atoms with Gasteiger partial charge in [-0.3, -0.25) is 0 Å². The Hall–Kier alpha value is -1.97. The smallest absolute Gasteiger partial charge is 0.407 e. The molecule has 1 aliphatic carbocycles. The molecule has 0 saturated heterocycles. The summed E-state index contributed by atoms with van der Waals surface area (Å²) in [6, 6.07) is 8.47. The Bertz CT molecular complexity index is 708. The van der Waals surface area contributed by atoms with Crippen molar-refractivity contribution in [2.75, 3.05) is 0 Å². The summed E-state index contributed by atoms with van der Waals surface area (Å²) in [6.45, 7) is 5.71. The highest BCUT2D eigenvalue weighted by Gasteiger charge is 2.28. The number of aromatic nitrogens is 1. The van der Waals surface area contributed by atoms with Crippen LogP contribution < -0.4 is 5.32 Å². The van der Waals surface area contributed by atoms with Crippen LogP contribution in [-0.4, -0.2) is 22.7 Å². The molecule has 4 nitrogen and oxygen atoms in total. The lowest BCUT2D eigenvalue weighted by Gasteiger charge is -2.32. The van der Waals surface area contributed by atoms with Gasteiger partial charge in [0.1, 0.15) is 5.60 Å². The molecule has 0 spiro atoms. The Morgan fingerprint density at radius 3 is 2.68 bits per heavy atom. The number of alkyl carbamates (subject to hydrolysis) is 1. The number of benzene rings is 1. The van der Waals surface area contributed by atoms with E-state index in [-0.39, 0.29) is 12.1 Å². The van der Waals surface area contributed by atoms with Crippen molar-refractivity contribution in [2.24, 2.45) is 5.92 Å². The van der Waals surface area contributed by atoms with Crippen LogP contribution in [0.2, 0.25) is 0 Å². The third-order valence-electron chi connectivity index (χ3n) is 5.04. The molecule has 25 heavy (non-hydrogen) atoms. The minimum Gasteiger partial charge on any atom is -0.444 e. The van der Waals surface area contributed by atoms with E-state index in [2.05, 4.69) is 34.7 Å². The summed E-state index contributed by atoms with van der Waals surface area (Å²) in [5.41, 5.74) is 1.95. The van der Waals surface area contributed by atoms with Gasteiger partial charge in [-0.25, -0.2) is 4.79 Å². The van der Waals surface area contributed by atoms with Crippen molar-refractivity contribution in [1.29, 1.82) is 0 Å². The molecule has 0 unspecified atom stereocenters. The van der Waals surface area contributed by atoms with Gasteiger partial charge in [-0.05, 0) is 57.6 Å². The average Bonchev–Trinajstić information content (AvgIpc) is 2.97. The zero-order valence-electron chi connectivity index (χ0n) is 15.6. The number of rotatable bonds is 4. The first-order valence-corrected chi connectivity index (χ1v) is 9.47. The fourth-order valence-electron chi connectivity index (χ4n) is 3.87. The van der Waals surface area contributed by atoms with Gasteiger partial charge in [-0.1, -0.05) is 37.5 Å². The molecule has 1 aliphatic rings. The maximum absolute atomic E-state index is 12.4. The predicted molar refractivity (Wildman–Crippen MR) is 102 cm³/mol. The monoisotopic (exact) mass is 342 g/mol. The lowest BCUT2D eigenvalue weighted by Crippen LogP contribution is -2.44. The molecule has 1 fully saturated rings. The number of aromatic amines is 1. The van der Waals surface area contributed by atoms with E-state index in [9.17, 15) is 4.79 Å². The summed E-state index contributed by atoms with van der Waals surface area (Å²) in [7, 11) is 0. The summed E-state index contributed by atoms with van der Waals surface area (Å²) < 4.78 is 5.51. The number of H-pyrrole nitrogens is 1. The third-order valence-corrected chi connectivity index (χ3v) is 5.04. The van der Waals surface area contributed by atoms with Gasteiger partial charge in [0, 0.05) is 23.1 Å². The van der Waals surface area contributed by atoms with Crippen LogP contribution in [0.1, 0.15) is 58.4 Å². The third kappa shape index (κ3) is 4.77. The molecule has 1 saturated carbocycles. The van der Waals surface area contributed by atoms with Crippen molar-refractivity contribution >= 4 is 17.0 Å². The number of fused-ring (bicyclic) bond motifs is 1. The van der Waals surface area contributed by atoms with Crippen molar-refractivity contribution in [2.45, 2.75) is 70.9 Å². The van der Waals surface area contributed by atoms with E-state index in [0.29, 0.717) is 5.92 Å². The van der Waals surface area contributed by atoms with Gasteiger partial charge < -0.3 is 15.0 Å². The summed E-state index contributed by atoms with van der Waals surface area (Å²) >= 11 is 0. The van der Waals surface area contributed by atoms with E-state index >= 15 is 0 Å². The predicted octanol–water partition coefficient (Wildman–Crippen LogP) is 5.18. The van der Waals surface area contributed by atoms with Crippen molar-refractivity contribution in [1.82, 2.24) is 10.3 Å². The minimum atomic E-state index is -0.470. The quantitative estimate of drug-likeness (QED) is 0.804. The number of para-hydroxylation sites is 1. The van der Waals surface area contributed by atoms with Crippen molar-refractivity contribution in [3.8, 4) is 0 Å².